The number of anilines is 9. The molecule has 90 heavy (non-hydrogen) atoms. The van der Waals surface area contributed by atoms with Gasteiger partial charge in [-0.3, -0.25) is 9.59 Å². The number of hydrogen-bond acceptors (Lipinski definition) is 30. The van der Waals surface area contributed by atoms with Crippen LogP contribution in [0.1, 0.15) is 52.6 Å². The van der Waals surface area contributed by atoms with Gasteiger partial charge in [0.15, 0.2) is 29.0 Å². The standard InChI is InChI=1S/2C24H28FN7O3S.C10H13N7S/c2*1-34-17-13-32(14-17)19-10-15(5-6-18(19)25)23(35-2)20(33)11-22-29-30-24(36-22)27-16-7-9-31(12-16)21-4-3-8-26-28-21;11-9-15-16-10(18-9)13-7-3-5-17(6-7)8-2-1-4-12-14-8/h2*3-6,8,10,16-17,23H,7,9,11-14H2,1-2H3,(H,27,30);1-2,4,7H,3,5-6H2,(H2,11,15)(H,13,16)/t16-,23+;16-,23-;7-/m111/s1. The highest BCUT2D eigenvalue weighted by Gasteiger charge is 2.34. The second-order valence-electron chi connectivity index (χ2n) is 21.9. The summed E-state index contributed by atoms with van der Waals surface area (Å²) < 4.78 is 50.5. The van der Waals surface area contributed by atoms with Crippen molar-refractivity contribution in [3.8, 4) is 0 Å². The Morgan fingerprint density at radius 3 is 1.22 bits per heavy atom. The molecule has 5 N–H and O–H groups in total. The number of halogens is 2. The van der Waals surface area contributed by atoms with Crippen molar-refractivity contribution in [3.63, 3.8) is 0 Å². The summed E-state index contributed by atoms with van der Waals surface area (Å²) in [6.45, 7) is 7.62. The lowest BCUT2D eigenvalue weighted by molar-refractivity contribution is -0.129. The van der Waals surface area contributed by atoms with E-state index in [1.165, 1.54) is 60.4 Å². The fourth-order valence-corrected chi connectivity index (χ4v) is 13.3. The van der Waals surface area contributed by atoms with E-state index in [-0.39, 0.29) is 60.3 Å². The third-order valence-electron chi connectivity index (χ3n) is 15.9. The summed E-state index contributed by atoms with van der Waals surface area (Å²) in [5.74, 6) is 1.63. The maximum Gasteiger partial charge on any atom is 0.207 e. The molecule has 0 bridgehead atoms. The molecule has 0 aliphatic carbocycles. The van der Waals surface area contributed by atoms with Gasteiger partial charge in [-0.2, -0.15) is 15.3 Å². The van der Waals surface area contributed by atoms with Gasteiger partial charge in [0.2, 0.25) is 20.5 Å². The Morgan fingerprint density at radius 1 is 0.511 bits per heavy atom. The number of methoxy groups -OCH3 is 4. The summed E-state index contributed by atoms with van der Waals surface area (Å²) in [6, 6.07) is 21.6. The summed E-state index contributed by atoms with van der Waals surface area (Å²) in [7, 11) is 6.24. The summed E-state index contributed by atoms with van der Waals surface area (Å²) in [6.07, 6.45) is 6.61. The Bertz CT molecular complexity index is 3430. The van der Waals surface area contributed by atoms with Crippen LogP contribution in [0.4, 0.5) is 58.1 Å². The third-order valence-corrected chi connectivity index (χ3v) is 18.3. The maximum absolute atomic E-state index is 14.4. The van der Waals surface area contributed by atoms with Crippen molar-refractivity contribution in [2.45, 2.75) is 74.6 Å². The predicted molar refractivity (Wildman–Crippen MR) is 339 cm³/mol. The molecule has 0 amide bonds. The molecule has 0 spiro atoms. The molecule has 5 aliphatic heterocycles. The number of ether oxygens (including phenoxy) is 4. The summed E-state index contributed by atoms with van der Waals surface area (Å²) in [4.78, 5) is 36.5. The Kier molecular flexibility index (Phi) is 21.0. The van der Waals surface area contributed by atoms with Crippen LogP contribution in [0.25, 0.3) is 0 Å². The molecule has 27 nitrogen and oxygen atoms in total. The first-order valence-corrected chi connectivity index (χ1v) is 31.7. The van der Waals surface area contributed by atoms with Crippen LogP contribution in [0, 0.1) is 11.6 Å². The van der Waals surface area contributed by atoms with Gasteiger partial charge in [-0.1, -0.05) is 46.1 Å². The zero-order chi connectivity index (χ0) is 62.5. The molecule has 13 rings (SSSR count). The van der Waals surface area contributed by atoms with Crippen LogP contribution < -0.4 is 46.2 Å². The maximum atomic E-state index is 14.4. The fraction of sp³-hybridized carbons (Fsp3) is 0.448. The van der Waals surface area contributed by atoms with E-state index in [0.717, 1.165) is 81.1 Å². The first kappa shape index (κ1) is 63.2. The van der Waals surface area contributed by atoms with Crippen LogP contribution in [0.5, 0.6) is 0 Å². The predicted octanol–water partition coefficient (Wildman–Crippen LogP) is 5.59. The Hall–Kier alpha value is -8.40. The van der Waals surface area contributed by atoms with E-state index in [9.17, 15) is 18.4 Å². The van der Waals surface area contributed by atoms with E-state index < -0.39 is 12.2 Å². The molecule has 0 unspecified atom stereocenters. The summed E-state index contributed by atoms with van der Waals surface area (Å²) in [5.41, 5.74) is 7.66. The van der Waals surface area contributed by atoms with Crippen molar-refractivity contribution in [3.05, 3.63) is 124 Å². The zero-order valence-electron chi connectivity index (χ0n) is 49.9. The number of carbonyl (C=O) groups is 2. The molecule has 11 heterocycles. The Morgan fingerprint density at radius 2 is 0.889 bits per heavy atom. The van der Waals surface area contributed by atoms with Gasteiger partial charge in [0.1, 0.15) is 33.9 Å². The fourth-order valence-electron chi connectivity index (χ4n) is 11.1. The van der Waals surface area contributed by atoms with E-state index in [2.05, 4.69) is 91.8 Å². The van der Waals surface area contributed by atoms with E-state index in [0.29, 0.717) is 80.1 Å². The van der Waals surface area contributed by atoms with Gasteiger partial charge in [0, 0.05) is 131 Å². The minimum Gasteiger partial charge on any atom is -0.378 e. The number of benzene rings is 2. The minimum atomic E-state index is -0.820. The lowest BCUT2D eigenvalue weighted by Crippen LogP contribution is -2.52. The average Bonchev–Trinajstić information content (AvgIpc) is 2.00. The van der Waals surface area contributed by atoms with Gasteiger partial charge in [-0.15, -0.1) is 45.9 Å². The van der Waals surface area contributed by atoms with Crippen LogP contribution in [0.3, 0.4) is 0 Å². The Labute approximate surface area is 529 Å². The number of rotatable bonds is 23. The number of aromatic nitrogens is 12. The van der Waals surface area contributed by atoms with Crippen molar-refractivity contribution in [1.29, 1.82) is 0 Å². The molecule has 2 aromatic carbocycles. The Balaban J connectivity index is 0.000000147. The van der Waals surface area contributed by atoms with Crippen molar-refractivity contribution >= 4 is 94.9 Å². The molecule has 0 radical (unpaired) electrons. The van der Waals surface area contributed by atoms with Crippen LogP contribution >= 0.6 is 34.0 Å². The molecule has 8 aromatic rings. The monoisotopic (exact) mass is 1290 g/mol. The van der Waals surface area contributed by atoms with Crippen LogP contribution in [-0.2, 0) is 41.4 Å². The molecule has 5 saturated heterocycles. The smallest absolute Gasteiger partial charge is 0.207 e. The number of Topliss-reactive ketones (excluding diaryl/α,β-unsaturated/α-hetero) is 2. The molecule has 474 valence electrons. The number of nitrogens with zero attached hydrogens (tertiary/aromatic N) is 17. The molecular formula is C58H69F2N21O6S3. The van der Waals surface area contributed by atoms with Crippen molar-refractivity contribution < 1.29 is 37.3 Å². The van der Waals surface area contributed by atoms with Gasteiger partial charge < -0.3 is 65.1 Å². The number of ketones is 2. The van der Waals surface area contributed by atoms with Gasteiger partial charge in [0.05, 0.1) is 36.4 Å². The second kappa shape index (κ2) is 29.9. The number of carbonyl (C=O) groups excluding carboxylic acids is 2. The van der Waals surface area contributed by atoms with E-state index >= 15 is 0 Å². The minimum absolute atomic E-state index is 0.0798. The normalized spacial score (nSPS) is 18.9. The molecule has 5 fully saturated rings. The molecular weight excluding hydrogens is 1220 g/mol. The average molecular weight is 1290 g/mol. The van der Waals surface area contributed by atoms with Crippen LogP contribution in [-0.4, -0.2) is 197 Å². The molecule has 6 aromatic heterocycles. The highest BCUT2D eigenvalue weighted by atomic mass is 32.1. The molecule has 5 aliphatic rings. The molecule has 0 saturated carbocycles. The van der Waals surface area contributed by atoms with Crippen molar-refractivity contribution in [2.24, 2.45) is 0 Å². The van der Waals surface area contributed by atoms with Gasteiger partial charge in [-0.25, -0.2) is 8.78 Å². The van der Waals surface area contributed by atoms with E-state index in [1.807, 2.05) is 46.2 Å². The van der Waals surface area contributed by atoms with Gasteiger partial charge in [-0.05, 0) is 91.1 Å². The largest absolute Gasteiger partial charge is 0.378 e. The number of nitrogens with two attached hydrogens (primary N) is 1. The lowest BCUT2D eigenvalue weighted by Gasteiger charge is -2.40. The number of hydrogen-bond donors (Lipinski definition) is 4. The zero-order valence-corrected chi connectivity index (χ0v) is 52.4. The van der Waals surface area contributed by atoms with Gasteiger partial charge in [0.25, 0.3) is 0 Å². The molecule has 5 atom stereocenters. The quantitative estimate of drug-likeness (QED) is 0.0607. The van der Waals surface area contributed by atoms with Crippen molar-refractivity contribution in [1.82, 2.24) is 61.2 Å². The SMILES string of the molecule is COC1CN(c2cc([C@@H](OC)C(=O)Cc3nnc(N[C@@H]4CCN(c5cccnn5)C4)s3)ccc2F)C1.COC1CN(c2cc([C@H](OC)C(=O)Cc3nnc(N[C@@H]4CCN(c5cccnn5)C4)s3)ccc2F)C1.Nc1nnc(N[C@@H]2CCN(c3cccnn3)C2)s1. The van der Waals surface area contributed by atoms with E-state index in [1.54, 1.807) is 57.1 Å². The highest BCUT2D eigenvalue weighted by molar-refractivity contribution is 7.18. The number of nitrogens with one attached hydrogen (secondary N) is 3. The highest BCUT2D eigenvalue weighted by Crippen LogP contribution is 2.34. The van der Waals surface area contributed by atoms with Crippen molar-refractivity contribution in [2.75, 3.05) is 140 Å². The van der Waals surface area contributed by atoms with E-state index in [4.69, 9.17) is 24.7 Å². The van der Waals surface area contributed by atoms with Gasteiger partial charge >= 0.3 is 0 Å². The molecule has 32 heteroatoms. The lowest BCUT2D eigenvalue weighted by atomic mass is 10.0. The number of nitrogen functional groups attached to an aromatic ring is 1. The summed E-state index contributed by atoms with van der Waals surface area (Å²) in [5, 5.41) is 62.8. The van der Waals surface area contributed by atoms with Crippen LogP contribution in [0.15, 0.2) is 91.4 Å². The third kappa shape index (κ3) is 15.9. The topological polar surface area (TPSA) is 304 Å². The first-order chi connectivity index (χ1) is 43.9. The second-order valence-corrected chi connectivity index (χ2v) is 25.0. The summed E-state index contributed by atoms with van der Waals surface area (Å²) >= 11 is 4.08. The first-order valence-electron chi connectivity index (χ1n) is 29.3. The van der Waals surface area contributed by atoms with Crippen LogP contribution in [0.2, 0.25) is 0 Å².